The maximum absolute atomic E-state index is 11.4. The average molecular weight is 248 g/mol. The Bertz CT molecular complexity index is 321. The first-order chi connectivity index (χ1) is 7.53. The molecule has 1 rings (SSSR count). The van der Waals surface area contributed by atoms with E-state index in [0.29, 0.717) is 19.0 Å². The van der Waals surface area contributed by atoms with Crippen molar-refractivity contribution in [1.82, 2.24) is 10.6 Å². The summed E-state index contributed by atoms with van der Waals surface area (Å²) in [5.74, 6) is -0.683. The van der Waals surface area contributed by atoms with Crippen molar-refractivity contribution in [2.45, 2.75) is 32.2 Å². The summed E-state index contributed by atoms with van der Waals surface area (Å²) in [5, 5.41) is 5.89. The molecule has 94 valence electrons. The van der Waals surface area contributed by atoms with Crippen LogP contribution in [0.5, 0.6) is 0 Å². The summed E-state index contributed by atoms with van der Waals surface area (Å²) in [5.41, 5.74) is 0. The van der Waals surface area contributed by atoms with Crippen molar-refractivity contribution in [1.29, 1.82) is 0 Å². The van der Waals surface area contributed by atoms with Crippen molar-refractivity contribution in [2.24, 2.45) is 0 Å². The highest BCUT2D eigenvalue weighted by Crippen LogP contribution is 2.03. The predicted molar refractivity (Wildman–Crippen MR) is 63.0 cm³/mol. The number of amides is 1. The van der Waals surface area contributed by atoms with Crippen molar-refractivity contribution >= 4 is 15.7 Å². The summed E-state index contributed by atoms with van der Waals surface area (Å²) in [4.78, 5) is 11.4. The van der Waals surface area contributed by atoms with Gasteiger partial charge in [-0.1, -0.05) is 6.92 Å². The lowest BCUT2D eigenvalue weighted by atomic mass is 10.2. The van der Waals surface area contributed by atoms with Crippen LogP contribution in [-0.4, -0.2) is 45.0 Å². The van der Waals surface area contributed by atoms with E-state index in [4.69, 9.17) is 0 Å². The van der Waals surface area contributed by atoms with E-state index in [1.54, 1.807) is 6.92 Å². The van der Waals surface area contributed by atoms with Crippen LogP contribution < -0.4 is 10.6 Å². The molecule has 0 saturated carbocycles. The van der Waals surface area contributed by atoms with Gasteiger partial charge < -0.3 is 10.6 Å². The molecule has 5 nitrogen and oxygen atoms in total. The topological polar surface area (TPSA) is 75.3 Å². The van der Waals surface area contributed by atoms with Gasteiger partial charge in [-0.3, -0.25) is 4.79 Å². The van der Waals surface area contributed by atoms with Crippen LogP contribution in [-0.2, 0) is 14.6 Å². The van der Waals surface area contributed by atoms with Crippen molar-refractivity contribution in [2.75, 3.05) is 24.6 Å². The highest BCUT2D eigenvalue weighted by atomic mass is 32.2. The van der Waals surface area contributed by atoms with E-state index in [0.717, 1.165) is 19.4 Å². The lowest BCUT2D eigenvalue weighted by Crippen LogP contribution is -2.39. The molecule has 0 aliphatic carbocycles. The smallest absolute Gasteiger partial charge is 0.235 e. The summed E-state index contributed by atoms with van der Waals surface area (Å²) in [7, 11) is -3.21. The van der Waals surface area contributed by atoms with Gasteiger partial charge in [0.25, 0.3) is 0 Å². The molecule has 1 aliphatic rings. The van der Waals surface area contributed by atoms with Crippen LogP contribution in [0.25, 0.3) is 0 Å². The Hall–Kier alpha value is -0.620. The van der Waals surface area contributed by atoms with Gasteiger partial charge in [0.2, 0.25) is 5.91 Å². The zero-order valence-corrected chi connectivity index (χ0v) is 10.5. The fourth-order valence-corrected chi connectivity index (χ4v) is 3.07. The third kappa shape index (κ3) is 4.94. The first-order valence-electron chi connectivity index (χ1n) is 5.74. The van der Waals surface area contributed by atoms with Gasteiger partial charge in [-0.15, -0.1) is 0 Å². The number of carbonyl (C=O) groups excluding carboxylic acids is 1. The van der Waals surface area contributed by atoms with Gasteiger partial charge in [-0.2, -0.15) is 0 Å². The number of carbonyl (C=O) groups is 1. The fraction of sp³-hybridized carbons (Fsp3) is 0.900. The molecule has 2 N–H and O–H groups in total. The average Bonchev–Trinajstić information content (AvgIpc) is 2.66. The van der Waals surface area contributed by atoms with Gasteiger partial charge in [-0.25, -0.2) is 8.42 Å². The molecule has 0 spiro atoms. The van der Waals surface area contributed by atoms with Gasteiger partial charge in [0, 0.05) is 12.6 Å². The van der Waals surface area contributed by atoms with Gasteiger partial charge in [-0.05, 0) is 25.8 Å². The zero-order valence-electron chi connectivity index (χ0n) is 9.66. The SMILES string of the molecule is CCCS(=O)(=O)CC(=O)NCC1CCCN1. The van der Waals surface area contributed by atoms with E-state index >= 15 is 0 Å². The molecule has 1 aliphatic heterocycles. The molecule has 0 aromatic heterocycles. The van der Waals surface area contributed by atoms with Gasteiger partial charge in [0.1, 0.15) is 5.75 Å². The largest absolute Gasteiger partial charge is 0.354 e. The Morgan fingerprint density at radius 3 is 2.81 bits per heavy atom. The molecule has 1 amide bonds. The van der Waals surface area contributed by atoms with Crippen LogP contribution in [0, 0.1) is 0 Å². The van der Waals surface area contributed by atoms with E-state index < -0.39 is 9.84 Å². The highest BCUT2D eigenvalue weighted by Gasteiger charge is 2.18. The Labute approximate surface area is 96.9 Å². The minimum atomic E-state index is -3.21. The van der Waals surface area contributed by atoms with E-state index in [1.807, 2.05) is 0 Å². The summed E-state index contributed by atoms with van der Waals surface area (Å²) < 4.78 is 22.7. The molecule has 1 heterocycles. The minimum absolute atomic E-state index is 0.0854. The fourth-order valence-electron chi connectivity index (χ4n) is 1.80. The van der Waals surface area contributed by atoms with Gasteiger partial charge in [0.15, 0.2) is 9.84 Å². The van der Waals surface area contributed by atoms with Crippen LogP contribution in [0.15, 0.2) is 0 Å². The van der Waals surface area contributed by atoms with Crippen molar-refractivity contribution in [3.63, 3.8) is 0 Å². The number of rotatable bonds is 6. The highest BCUT2D eigenvalue weighted by molar-refractivity contribution is 7.92. The van der Waals surface area contributed by atoms with E-state index in [1.165, 1.54) is 0 Å². The maximum Gasteiger partial charge on any atom is 0.235 e. The molecule has 16 heavy (non-hydrogen) atoms. The Balaban J connectivity index is 2.24. The molecule has 1 unspecified atom stereocenters. The van der Waals surface area contributed by atoms with Crippen molar-refractivity contribution in [3.05, 3.63) is 0 Å². The third-order valence-electron chi connectivity index (χ3n) is 2.57. The molecule has 0 radical (unpaired) electrons. The number of hydrogen-bond donors (Lipinski definition) is 2. The molecule has 1 atom stereocenters. The predicted octanol–water partition coefficient (Wildman–Crippen LogP) is -0.321. The molecule has 1 saturated heterocycles. The summed E-state index contributed by atoms with van der Waals surface area (Å²) in [6.45, 7) is 3.30. The third-order valence-corrected chi connectivity index (χ3v) is 4.31. The lowest BCUT2D eigenvalue weighted by Gasteiger charge is -2.11. The summed E-state index contributed by atoms with van der Waals surface area (Å²) in [6.07, 6.45) is 2.72. The molecule has 6 heteroatoms. The van der Waals surface area contributed by atoms with Crippen molar-refractivity contribution < 1.29 is 13.2 Å². The van der Waals surface area contributed by atoms with E-state index in [9.17, 15) is 13.2 Å². The normalized spacial score (nSPS) is 20.9. The van der Waals surface area contributed by atoms with Crippen molar-refractivity contribution in [3.8, 4) is 0 Å². The van der Waals surface area contributed by atoms with Crippen LogP contribution in [0.3, 0.4) is 0 Å². The first kappa shape index (κ1) is 13.4. The number of sulfone groups is 1. The van der Waals surface area contributed by atoms with Crippen LogP contribution in [0.1, 0.15) is 26.2 Å². The van der Waals surface area contributed by atoms with Crippen LogP contribution >= 0.6 is 0 Å². The Morgan fingerprint density at radius 2 is 2.25 bits per heavy atom. The molecule has 0 aromatic carbocycles. The second-order valence-corrected chi connectivity index (χ2v) is 6.37. The van der Waals surface area contributed by atoms with Gasteiger partial charge in [0.05, 0.1) is 5.75 Å². The monoisotopic (exact) mass is 248 g/mol. The molecule has 0 bridgehead atoms. The van der Waals surface area contributed by atoms with Gasteiger partial charge >= 0.3 is 0 Å². The minimum Gasteiger partial charge on any atom is -0.354 e. The lowest BCUT2D eigenvalue weighted by molar-refractivity contribution is -0.118. The second kappa shape index (κ2) is 6.20. The quantitative estimate of drug-likeness (QED) is 0.675. The molecule has 0 aromatic rings. The van der Waals surface area contributed by atoms with E-state index in [2.05, 4.69) is 10.6 Å². The number of hydrogen-bond acceptors (Lipinski definition) is 4. The van der Waals surface area contributed by atoms with Crippen LogP contribution in [0.2, 0.25) is 0 Å². The zero-order chi connectivity index (χ0) is 12.0. The Morgan fingerprint density at radius 1 is 1.50 bits per heavy atom. The standard InChI is InChI=1S/C10H20N2O3S/c1-2-6-16(14,15)8-10(13)12-7-9-4-3-5-11-9/h9,11H,2-8H2,1H3,(H,12,13). The number of nitrogens with one attached hydrogen (secondary N) is 2. The maximum atomic E-state index is 11.4. The molecule has 1 fully saturated rings. The first-order valence-corrected chi connectivity index (χ1v) is 7.56. The second-order valence-electron chi connectivity index (χ2n) is 4.19. The molecular formula is C10H20N2O3S. The molecular weight excluding hydrogens is 228 g/mol. The summed E-state index contributed by atoms with van der Waals surface area (Å²) in [6, 6.07) is 0.304. The van der Waals surface area contributed by atoms with Crippen LogP contribution in [0.4, 0.5) is 0 Å². The van der Waals surface area contributed by atoms with E-state index in [-0.39, 0.29) is 17.4 Å². The summed E-state index contributed by atoms with van der Waals surface area (Å²) >= 11 is 0. The Kier molecular flexibility index (Phi) is 5.21.